The second-order valence-corrected chi connectivity index (χ2v) is 8.93. The Labute approximate surface area is 230 Å². The van der Waals surface area contributed by atoms with Gasteiger partial charge in [0.25, 0.3) is 11.5 Å². The molecule has 0 aliphatic carbocycles. The zero-order valence-corrected chi connectivity index (χ0v) is 22.5. The van der Waals surface area contributed by atoms with E-state index in [1.54, 1.807) is 57.5 Å². The Balaban J connectivity index is 1.40. The van der Waals surface area contributed by atoms with Crippen LogP contribution in [0, 0.1) is 6.92 Å². The van der Waals surface area contributed by atoms with Crippen LogP contribution in [0.1, 0.15) is 28.5 Å². The van der Waals surface area contributed by atoms with Crippen molar-refractivity contribution in [1.29, 1.82) is 0 Å². The molecule has 3 aromatic carbocycles. The molecular weight excluding hydrogens is 510 g/mol. The lowest BCUT2D eigenvalue weighted by atomic mass is 10.1. The van der Waals surface area contributed by atoms with Crippen LogP contribution < -0.4 is 25.1 Å². The molecule has 0 aliphatic heterocycles. The molecule has 0 atom stereocenters. The van der Waals surface area contributed by atoms with Gasteiger partial charge in [0.05, 0.1) is 30.8 Å². The maximum Gasteiger partial charge on any atom is 0.276 e. The fourth-order valence-electron chi connectivity index (χ4n) is 4.21. The van der Waals surface area contributed by atoms with E-state index < -0.39 is 5.91 Å². The highest BCUT2D eigenvalue weighted by molar-refractivity contribution is 6.03. The number of aryl methyl sites for hydroxylation is 2. The van der Waals surface area contributed by atoms with Gasteiger partial charge in [0.1, 0.15) is 12.1 Å². The summed E-state index contributed by atoms with van der Waals surface area (Å²) in [6, 6.07) is 19.3. The molecule has 5 aromatic rings. The highest BCUT2D eigenvalue weighted by Gasteiger charge is 2.16. The number of amides is 1. The first-order valence-electron chi connectivity index (χ1n) is 12.6. The molecule has 0 radical (unpaired) electrons. The summed E-state index contributed by atoms with van der Waals surface area (Å²) in [6.45, 7) is 3.73. The highest BCUT2D eigenvalue weighted by atomic mass is 16.5. The van der Waals surface area contributed by atoms with Crippen LogP contribution in [0.3, 0.4) is 0 Å². The molecule has 2 heterocycles. The Morgan fingerprint density at radius 1 is 0.950 bits per heavy atom. The van der Waals surface area contributed by atoms with Crippen molar-refractivity contribution in [3.63, 3.8) is 0 Å². The van der Waals surface area contributed by atoms with Crippen LogP contribution in [0.25, 0.3) is 16.6 Å². The van der Waals surface area contributed by atoms with E-state index >= 15 is 0 Å². The smallest absolute Gasteiger partial charge is 0.276 e. The maximum atomic E-state index is 13.2. The average Bonchev–Trinajstić information content (AvgIpc) is 2.97. The first-order chi connectivity index (χ1) is 19.4. The van der Waals surface area contributed by atoms with Gasteiger partial charge in [0.2, 0.25) is 5.88 Å². The second kappa shape index (κ2) is 11.2. The molecule has 0 unspecified atom stereocenters. The van der Waals surface area contributed by atoms with Gasteiger partial charge in [-0.1, -0.05) is 25.1 Å². The van der Waals surface area contributed by atoms with Crippen molar-refractivity contribution in [2.45, 2.75) is 20.3 Å². The number of hydrogen-bond donors (Lipinski definition) is 1. The lowest BCUT2D eigenvalue weighted by Gasteiger charge is -2.13. The summed E-state index contributed by atoms with van der Waals surface area (Å²) in [5.41, 5.74) is 3.09. The standard InChI is InChI=1S/C30H27N5O5/c1-5-19-9-11-21(12-10-19)35-27(36)13-18(2)28(34-35)29(37)33-20-7-6-8-22(14-20)40-30-23-15-25(38-3)26(39-4)16-24(23)31-17-32-30/h6-17H,5H2,1-4H3,(H,33,37). The molecule has 1 amide bonds. The maximum absolute atomic E-state index is 13.2. The molecule has 1 N–H and O–H groups in total. The number of carbonyl (C=O) groups is 1. The summed E-state index contributed by atoms with van der Waals surface area (Å²) in [5.74, 6) is 1.35. The number of nitrogens with one attached hydrogen (secondary N) is 1. The van der Waals surface area contributed by atoms with Crippen molar-refractivity contribution in [2.75, 3.05) is 19.5 Å². The third kappa shape index (κ3) is 5.32. The van der Waals surface area contributed by atoms with E-state index in [0.29, 0.717) is 51.0 Å². The Kier molecular flexibility index (Phi) is 7.41. The van der Waals surface area contributed by atoms with Gasteiger partial charge in [-0.25, -0.2) is 9.97 Å². The lowest BCUT2D eigenvalue weighted by molar-refractivity contribution is 0.102. The van der Waals surface area contributed by atoms with E-state index in [-0.39, 0.29) is 11.3 Å². The number of anilines is 1. The van der Waals surface area contributed by atoms with Crippen molar-refractivity contribution in [3.05, 3.63) is 100 Å². The summed E-state index contributed by atoms with van der Waals surface area (Å²) in [4.78, 5) is 34.4. The molecule has 0 bridgehead atoms. The molecular formula is C30H27N5O5. The third-order valence-corrected chi connectivity index (χ3v) is 6.34. The van der Waals surface area contributed by atoms with Gasteiger partial charge < -0.3 is 19.5 Å². The van der Waals surface area contributed by atoms with Crippen molar-refractivity contribution >= 4 is 22.5 Å². The summed E-state index contributed by atoms with van der Waals surface area (Å²) in [7, 11) is 3.10. The molecule has 0 aliphatic rings. The van der Waals surface area contributed by atoms with E-state index in [0.717, 1.165) is 12.0 Å². The molecule has 0 saturated carbocycles. The number of fused-ring (bicyclic) bond motifs is 1. The van der Waals surface area contributed by atoms with Gasteiger partial charge in [-0.3, -0.25) is 9.59 Å². The molecule has 202 valence electrons. The number of aromatic nitrogens is 4. The van der Waals surface area contributed by atoms with Gasteiger partial charge in [-0.15, -0.1) is 0 Å². The van der Waals surface area contributed by atoms with Gasteiger partial charge in [0, 0.05) is 23.9 Å². The molecule has 0 fully saturated rings. The topological polar surface area (TPSA) is 117 Å². The molecule has 0 saturated heterocycles. The van der Waals surface area contributed by atoms with E-state index in [9.17, 15) is 9.59 Å². The zero-order chi connectivity index (χ0) is 28.2. The first-order valence-corrected chi connectivity index (χ1v) is 12.6. The van der Waals surface area contributed by atoms with Crippen LogP contribution in [0.5, 0.6) is 23.1 Å². The van der Waals surface area contributed by atoms with Crippen molar-refractivity contribution in [3.8, 4) is 28.8 Å². The SMILES string of the molecule is CCc1ccc(-n2nc(C(=O)Nc3cccc(Oc4ncnc5cc(OC)c(OC)cc45)c3)c(C)cc2=O)cc1. The fraction of sp³-hybridized carbons (Fsp3) is 0.167. The summed E-state index contributed by atoms with van der Waals surface area (Å²) >= 11 is 0. The Morgan fingerprint density at radius 2 is 1.70 bits per heavy atom. The summed E-state index contributed by atoms with van der Waals surface area (Å²) < 4.78 is 18.1. The Hall–Kier alpha value is -5.25. The number of ether oxygens (including phenoxy) is 3. The van der Waals surface area contributed by atoms with E-state index in [1.807, 2.05) is 24.3 Å². The van der Waals surface area contributed by atoms with E-state index in [2.05, 4.69) is 27.3 Å². The lowest BCUT2D eigenvalue weighted by Crippen LogP contribution is -2.26. The van der Waals surface area contributed by atoms with Crippen molar-refractivity contribution in [1.82, 2.24) is 19.7 Å². The minimum Gasteiger partial charge on any atom is -0.493 e. The minimum atomic E-state index is -0.460. The number of benzene rings is 3. The van der Waals surface area contributed by atoms with Crippen LogP contribution in [0.15, 0.2) is 77.9 Å². The van der Waals surface area contributed by atoms with Gasteiger partial charge in [0.15, 0.2) is 17.2 Å². The van der Waals surface area contributed by atoms with Gasteiger partial charge in [-0.05, 0) is 54.8 Å². The first kappa shape index (κ1) is 26.4. The van der Waals surface area contributed by atoms with Crippen LogP contribution in [0.4, 0.5) is 5.69 Å². The molecule has 10 nitrogen and oxygen atoms in total. The summed E-state index contributed by atoms with van der Waals surface area (Å²) in [5, 5.41) is 7.84. The van der Waals surface area contributed by atoms with Gasteiger partial charge in [-0.2, -0.15) is 9.78 Å². The third-order valence-electron chi connectivity index (χ3n) is 6.34. The molecule has 2 aromatic heterocycles. The zero-order valence-electron chi connectivity index (χ0n) is 22.5. The molecule has 40 heavy (non-hydrogen) atoms. The molecule has 0 spiro atoms. The van der Waals surface area contributed by atoms with E-state index in [1.165, 1.54) is 17.1 Å². The largest absolute Gasteiger partial charge is 0.493 e. The Bertz CT molecular complexity index is 1770. The molecule has 5 rings (SSSR count). The minimum absolute atomic E-state index is 0.133. The van der Waals surface area contributed by atoms with Gasteiger partial charge >= 0.3 is 0 Å². The Morgan fingerprint density at radius 3 is 2.42 bits per heavy atom. The molecule has 10 heteroatoms. The fourth-order valence-corrected chi connectivity index (χ4v) is 4.21. The van der Waals surface area contributed by atoms with Crippen LogP contribution >= 0.6 is 0 Å². The number of nitrogens with zero attached hydrogens (tertiary/aromatic N) is 4. The predicted molar refractivity (Wildman–Crippen MR) is 151 cm³/mol. The van der Waals surface area contributed by atoms with Crippen molar-refractivity contribution < 1.29 is 19.0 Å². The number of hydrogen-bond acceptors (Lipinski definition) is 8. The summed E-state index contributed by atoms with van der Waals surface area (Å²) in [6.07, 6.45) is 2.28. The van der Waals surface area contributed by atoms with Crippen LogP contribution in [0.2, 0.25) is 0 Å². The number of methoxy groups -OCH3 is 2. The number of rotatable bonds is 8. The van der Waals surface area contributed by atoms with Crippen LogP contribution in [-0.2, 0) is 6.42 Å². The monoisotopic (exact) mass is 537 g/mol. The highest BCUT2D eigenvalue weighted by Crippen LogP contribution is 2.36. The number of carbonyl (C=O) groups excluding carboxylic acids is 1. The van der Waals surface area contributed by atoms with Crippen molar-refractivity contribution in [2.24, 2.45) is 0 Å². The quantitative estimate of drug-likeness (QED) is 0.290. The second-order valence-electron chi connectivity index (χ2n) is 8.93. The van der Waals surface area contributed by atoms with E-state index in [4.69, 9.17) is 14.2 Å². The van der Waals surface area contributed by atoms with Crippen LogP contribution in [-0.4, -0.2) is 39.9 Å². The average molecular weight is 538 g/mol. The predicted octanol–water partition coefficient (Wildman–Crippen LogP) is 5.11. The normalized spacial score (nSPS) is 10.8.